The Balaban J connectivity index is 0.000000371. The second kappa shape index (κ2) is 5.69. The van der Waals surface area contributed by atoms with Crippen molar-refractivity contribution in [2.75, 3.05) is 19.6 Å². The summed E-state index contributed by atoms with van der Waals surface area (Å²) in [6.07, 6.45) is 0. The van der Waals surface area contributed by atoms with Crippen LogP contribution in [0.25, 0.3) is 0 Å². The summed E-state index contributed by atoms with van der Waals surface area (Å²) in [4.78, 5) is 1.40. The SMILES string of the molecule is CC.[CH2-][NH+]1CCN[C@H](C)C1. The summed E-state index contributed by atoms with van der Waals surface area (Å²) in [5.41, 5.74) is 0. The molecule has 0 radical (unpaired) electrons. The second-order valence-corrected chi connectivity index (χ2v) is 2.56. The third kappa shape index (κ3) is 3.85. The lowest BCUT2D eigenvalue weighted by Gasteiger charge is -2.30. The van der Waals surface area contributed by atoms with E-state index in [2.05, 4.69) is 19.3 Å². The van der Waals surface area contributed by atoms with Crippen molar-refractivity contribution in [1.82, 2.24) is 5.32 Å². The minimum Gasteiger partial charge on any atom is -0.466 e. The van der Waals surface area contributed by atoms with E-state index in [0.717, 1.165) is 6.54 Å². The molecule has 1 fully saturated rings. The summed E-state index contributed by atoms with van der Waals surface area (Å²) in [5.74, 6) is 0. The van der Waals surface area contributed by atoms with E-state index in [0.29, 0.717) is 6.04 Å². The lowest BCUT2D eigenvalue weighted by Crippen LogP contribution is -3.10. The average Bonchev–Trinajstić information content (AvgIpc) is 1.91. The maximum absolute atomic E-state index is 3.92. The number of hydrogen-bond donors (Lipinski definition) is 2. The molecule has 1 aliphatic heterocycles. The minimum atomic E-state index is 0.663. The highest BCUT2D eigenvalue weighted by molar-refractivity contribution is 4.61. The van der Waals surface area contributed by atoms with Crippen molar-refractivity contribution >= 4 is 0 Å². The molecule has 0 spiro atoms. The van der Waals surface area contributed by atoms with Gasteiger partial charge in [-0.2, -0.15) is 7.05 Å². The van der Waals surface area contributed by atoms with Crippen LogP contribution in [0.2, 0.25) is 0 Å². The molecule has 2 nitrogen and oxygen atoms in total. The Labute approximate surface area is 64.6 Å². The van der Waals surface area contributed by atoms with E-state index in [-0.39, 0.29) is 0 Å². The highest BCUT2D eigenvalue weighted by atomic mass is 15.2. The Bertz CT molecular complexity index is 65.7. The van der Waals surface area contributed by atoms with Gasteiger partial charge in [0.1, 0.15) is 0 Å². The fraction of sp³-hybridized carbons (Fsp3) is 0.875. The standard InChI is InChI=1S/C6H14N2.C2H6/c1-6-5-8(2)4-3-7-6;1-2/h6-8H,2-5H2,1H3;1-2H3/t6-;/m1./s1. The molecule has 1 unspecified atom stereocenters. The van der Waals surface area contributed by atoms with Crippen LogP contribution in [0.15, 0.2) is 0 Å². The first-order valence-corrected chi connectivity index (χ1v) is 4.19. The molecule has 0 aromatic carbocycles. The highest BCUT2D eigenvalue weighted by Gasteiger charge is 2.09. The van der Waals surface area contributed by atoms with Gasteiger partial charge in [0, 0.05) is 6.54 Å². The van der Waals surface area contributed by atoms with Crippen LogP contribution in [0.3, 0.4) is 0 Å². The van der Waals surface area contributed by atoms with Crippen LogP contribution >= 0.6 is 0 Å². The van der Waals surface area contributed by atoms with Gasteiger partial charge in [0.05, 0.1) is 19.1 Å². The molecule has 0 aliphatic carbocycles. The van der Waals surface area contributed by atoms with Gasteiger partial charge in [-0.1, -0.05) is 13.8 Å². The van der Waals surface area contributed by atoms with Gasteiger partial charge in [-0.25, -0.2) is 0 Å². The zero-order chi connectivity index (χ0) is 7.98. The quantitative estimate of drug-likeness (QED) is 0.446. The zero-order valence-electron chi connectivity index (χ0n) is 7.41. The van der Waals surface area contributed by atoms with Gasteiger partial charge < -0.3 is 10.2 Å². The molecule has 1 heterocycles. The Kier molecular flexibility index (Phi) is 5.64. The molecule has 62 valence electrons. The monoisotopic (exact) mass is 144 g/mol. The summed E-state index contributed by atoms with van der Waals surface area (Å²) >= 11 is 0. The Morgan fingerprint density at radius 3 is 2.40 bits per heavy atom. The molecule has 0 saturated carbocycles. The molecule has 2 heteroatoms. The summed E-state index contributed by atoms with van der Waals surface area (Å²) in [5, 5.41) is 3.35. The van der Waals surface area contributed by atoms with Gasteiger partial charge in [0.15, 0.2) is 0 Å². The normalized spacial score (nSPS) is 32.4. The first kappa shape index (κ1) is 9.92. The predicted octanol–water partition coefficient (Wildman–Crippen LogP) is -0.319. The topological polar surface area (TPSA) is 16.5 Å². The van der Waals surface area contributed by atoms with Crippen molar-refractivity contribution in [2.24, 2.45) is 0 Å². The van der Waals surface area contributed by atoms with Gasteiger partial charge in [0.2, 0.25) is 0 Å². The van der Waals surface area contributed by atoms with Gasteiger partial charge in [-0.05, 0) is 6.92 Å². The smallest absolute Gasteiger partial charge is 0.0684 e. The largest absolute Gasteiger partial charge is 0.466 e. The van der Waals surface area contributed by atoms with E-state index in [4.69, 9.17) is 0 Å². The summed E-state index contributed by atoms with van der Waals surface area (Å²) in [7, 11) is 3.92. The number of hydrogen-bond acceptors (Lipinski definition) is 1. The van der Waals surface area contributed by atoms with Crippen molar-refractivity contribution in [3.63, 3.8) is 0 Å². The number of piperazine rings is 1. The van der Waals surface area contributed by atoms with E-state index in [9.17, 15) is 0 Å². The lowest BCUT2D eigenvalue weighted by atomic mass is 10.2. The van der Waals surface area contributed by atoms with E-state index in [1.54, 1.807) is 0 Å². The van der Waals surface area contributed by atoms with Crippen LogP contribution in [0.5, 0.6) is 0 Å². The minimum absolute atomic E-state index is 0.663. The molecular formula is C8H20N2. The Morgan fingerprint density at radius 1 is 1.50 bits per heavy atom. The number of nitrogens with one attached hydrogen (secondary N) is 2. The van der Waals surface area contributed by atoms with Gasteiger partial charge in [0.25, 0.3) is 0 Å². The van der Waals surface area contributed by atoms with Crippen LogP contribution in [-0.2, 0) is 0 Å². The van der Waals surface area contributed by atoms with Gasteiger partial charge in [-0.3, -0.25) is 0 Å². The first-order chi connectivity index (χ1) is 4.79. The van der Waals surface area contributed by atoms with Gasteiger partial charge in [-0.15, -0.1) is 0 Å². The van der Waals surface area contributed by atoms with E-state index in [1.165, 1.54) is 18.0 Å². The Hall–Kier alpha value is -0.0800. The molecule has 0 aromatic rings. The molecule has 1 aliphatic rings. The van der Waals surface area contributed by atoms with E-state index in [1.807, 2.05) is 13.8 Å². The number of quaternary nitrogens is 1. The molecule has 0 aromatic heterocycles. The second-order valence-electron chi connectivity index (χ2n) is 2.56. The third-order valence-electron chi connectivity index (χ3n) is 1.57. The van der Waals surface area contributed by atoms with Crippen molar-refractivity contribution in [3.8, 4) is 0 Å². The fourth-order valence-corrected chi connectivity index (χ4v) is 1.10. The predicted molar refractivity (Wildman–Crippen MR) is 44.9 cm³/mol. The highest BCUT2D eigenvalue weighted by Crippen LogP contribution is 1.76. The summed E-state index contributed by atoms with van der Waals surface area (Å²) in [6.45, 7) is 9.66. The first-order valence-electron chi connectivity index (χ1n) is 4.19. The molecule has 1 rings (SSSR count). The molecule has 2 atom stereocenters. The van der Waals surface area contributed by atoms with Crippen LogP contribution in [-0.4, -0.2) is 25.7 Å². The Morgan fingerprint density at radius 2 is 2.10 bits per heavy atom. The fourth-order valence-electron chi connectivity index (χ4n) is 1.10. The zero-order valence-corrected chi connectivity index (χ0v) is 7.41. The lowest BCUT2D eigenvalue weighted by molar-refractivity contribution is -0.858. The maximum Gasteiger partial charge on any atom is 0.0684 e. The van der Waals surface area contributed by atoms with Gasteiger partial charge >= 0.3 is 0 Å². The average molecular weight is 144 g/mol. The molecule has 0 bridgehead atoms. The summed E-state index contributed by atoms with van der Waals surface area (Å²) in [6, 6.07) is 0.663. The van der Waals surface area contributed by atoms with Crippen LogP contribution < -0.4 is 10.2 Å². The molecule has 10 heavy (non-hydrogen) atoms. The van der Waals surface area contributed by atoms with E-state index >= 15 is 0 Å². The molecular weight excluding hydrogens is 124 g/mol. The van der Waals surface area contributed by atoms with Crippen LogP contribution in [0, 0.1) is 7.05 Å². The summed E-state index contributed by atoms with van der Waals surface area (Å²) < 4.78 is 0. The van der Waals surface area contributed by atoms with Crippen LogP contribution in [0.1, 0.15) is 20.8 Å². The maximum atomic E-state index is 3.92. The molecule has 1 saturated heterocycles. The van der Waals surface area contributed by atoms with Crippen molar-refractivity contribution in [3.05, 3.63) is 7.05 Å². The van der Waals surface area contributed by atoms with E-state index < -0.39 is 0 Å². The third-order valence-corrected chi connectivity index (χ3v) is 1.57. The van der Waals surface area contributed by atoms with Crippen molar-refractivity contribution in [1.29, 1.82) is 0 Å². The molecule has 0 amide bonds. The van der Waals surface area contributed by atoms with Crippen molar-refractivity contribution < 1.29 is 4.90 Å². The number of rotatable bonds is 0. The van der Waals surface area contributed by atoms with Crippen molar-refractivity contribution in [2.45, 2.75) is 26.8 Å². The van der Waals surface area contributed by atoms with Crippen LogP contribution in [0.4, 0.5) is 0 Å². The molecule has 2 N–H and O–H groups in total.